The Morgan fingerprint density at radius 3 is 1.07 bits per heavy atom. The first-order chi connectivity index (χ1) is 13.4. The van der Waals surface area contributed by atoms with Crippen LogP contribution in [0.15, 0.2) is 0 Å². The summed E-state index contributed by atoms with van der Waals surface area (Å²) in [5.41, 5.74) is 0. The normalized spacial score (nSPS) is 14.1. The molecule has 0 aromatic rings. The first kappa shape index (κ1) is 28.5. The molecule has 0 rings (SSSR count). The number of rotatable bonds is 20. The molecule has 0 fully saturated rings. The van der Waals surface area contributed by atoms with Crippen molar-refractivity contribution in [3.63, 3.8) is 0 Å². The van der Waals surface area contributed by atoms with Gasteiger partial charge in [0.15, 0.2) is 0 Å². The van der Waals surface area contributed by atoms with E-state index in [1.165, 1.54) is 65.6 Å². The summed E-state index contributed by atoms with van der Waals surface area (Å²) in [7, 11) is -0.576. The van der Waals surface area contributed by atoms with Gasteiger partial charge in [-0.2, -0.15) is 0 Å². The molecule has 0 aromatic carbocycles. The van der Waals surface area contributed by atoms with E-state index < -0.39 is 14.7 Å². The Balaban J connectivity index is 6.04. The third-order valence-electron chi connectivity index (χ3n) is 6.09. The van der Waals surface area contributed by atoms with Crippen LogP contribution < -0.4 is 0 Å². The van der Waals surface area contributed by atoms with Gasteiger partial charge in [0.1, 0.15) is 0 Å². The van der Waals surface area contributed by atoms with Gasteiger partial charge in [-0.3, -0.25) is 0 Å². The summed E-state index contributed by atoms with van der Waals surface area (Å²) < 4.78 is 30.7. The van der Waals surface area contributed by atoms with Crippen molar-refractivity contribution in [1.29, 1.82) is 0 Å². The van der Waals surface area contributed by atoms with Gasteiger partial charge in [-0.1, -0.05) is 0 Å². The zero-order valence-electron chi connectivity index (χ0n) is 19.8. The summed E-state index contributed by atoms with van der Waals surface area (Å²) in [6.07, 6.45) is 18.5. The van der Waals surface area contributed by atoms with Gasteiger partial charge in [-0.15, -0.1) is 0 Å². The number of phosphoric acid groups is 1. The SMILES string of the molecule is CCCCCP(CCCCC)(CCCCC)(CCCCC)OP(=O)(OC)OC. The average Bonchev–Trinajstić information content (AvgIpc) is 2.69. The first-order valence-electron chi connectivity index (χ1n) is 11.8. The third kappa shape index (κ3) is 10.0. The molecule has 172 valence electrons. The third-order valence-corrected chi connectivity index (χ3v) is 15.4. The van der Waals surface area contributed by atoms with Crippen LogP contribution in [0.5, 0.6) is 0 Å². The van der Waals surface area contributed by atoms with Gasteiger partial charge in [0, 0.05) is 0 Å². The van der Waals surface area contributed by atoms with Crippen molar-refractivity contribution in [1.82, 2.24) is 0 Å². The Morgan fingerprint density at radius 1 is 0.571 bits per heavy atom. The molecule has 28 heavy (non-hydrogen) atoms. The fourth-order valence-corrected chi connectivity index (χ4v) is 14.0. The van der Waals surface area contributed by atoms with E-state index in [1.807, 2.05) is 0 Å². The Kier molecular flexibility index (Phi) is 15.7. The molecular weight excluding hydrogens is 390 g/mol. The number of phosphoric ester groups is 1. The second-order valence-electron chi connectivity index (χ2n) is 8.47. The minimum absolute atomic E-state index is 1.08. The molecule has 0 N–H and O–H groups in total. The number of hydrogen-bond acceptors (Lipinski definition) is 4. The molecule has 0 aromatic heterocycles. The molecule has 0 spiro atoms. The van der Waals surface area contributed by atoms with Gasteiger partial charge in [-0.05, 0) is 0 Å². The van der Waals surface area contributed by atoms with Gasteiger partial charge in [0.2, 0.25) is 0 Å². The van der Waals surface area contributed by atoms with E-state index in [4.69, 9.17) is 13.4 Å². The van der Waals surface area contributed by atoms with Crippen molar-refractivity contribution >= 4 is 14.7 Å². The zero-order chi connectivity index (χ0) is 21.4. The van der Waals surface area contributed by atoms with Crippen LogP contribution in [0.25, 0.3) is 0 Å². The van der Waals surface area contributed by atoms with Gasteiger partial charge in [0.25, 0.3) is 0 Å². The molecule has 0 amide bonds. The van der Waals surface area contributed by atoms with Gasteiger partial charge < -0.3 is 0 Å². The van der Waals surface area contributed by atoms with Crippen molar-refractivity contribution in [2.24, 2.45) is 0 Å². The van der Waals surface area contributed by atoms with Crippen LogP contribution >= 0.6 is 14.7 Å². The van der Waals surface area contributed by atoms with Gasteiger partial charge >= 0.3 is 176 Å². The molecule has 6 heteroatoms. The Morgan fingerprint density at radius 2 is 0.857 bits per heavy atom. The van der Waals surface area contributed by atoms with E-state index in [0.29, 0.717) is 0 Å². The summed E-state index contributed by atoms with van der Waals surface area (Å²) in [5.74, 6) is 0. The summed E-state index contributed by atoms with van der Waals surface area (Å²) in [4.78, 5) is 0. The number of hydrogen-bond donors (Lipinski definition) is 0. The topological polar surface area (TPSA) is 44.8 Å². The fraction of sp³-hybridized carbons (Fsp3) is 1.00. The van der Waals surface area contributed by atoms with Crippen LogP contribution in [0, 0.1) is 0 Å². The van der Waals surface area contributed by atoms with Crippen LogP contribution in [0.2, 0.25) is 0 Å². The maximum absolute atomic E-state index is 13.3. The average molecular weight is 441 g/mol. The Labute approximate surface area is 176 Å². The van der Waals surface area contributed by atoms with E-state index in [-0.39, 0.29) is 0 Å². The molecule has 0 heterocycles. The summed E-state index contributed by atoms with van der Waals surface area (Å²) in [5, 5.41) is 0. The second-order valence-corrected chi connectivity index (χ2v) is 16.3. The second kappa shape index (κ2) is 15.4. The van der Waals surface area contributed by atoms with Crippen molar-refractivity contribution in [3.8, 4) is 0 Å². The first-order valence-corrected chi connectivity index (χ1v) is 16.2. The molecule has 0 radical (unpaired) electrons. The summed E-state index contributed by atoms with van der Waals surface area (Å²) in [6, 6.07) is 0. The van der Waals surface area contributed by atoms with Crippen molar-refractivity contribution in [2.45, 2.75) is 105 Å². The monoisotopic (exact) mass is 440 g/mol. The zero-order valence-corrected chi connectivity index (χ0v) is 21.6. The minimum atomic E-state index is -3.50. The predicted molar refractivity (Wildman–Crippen MR) is 127 cm³/mol. The van der Waals surface area contributed by atoms with E-state index in [1.54, 1.807) is 0 Å². The standard InChI is InChI=1S/C22H50O4P2/c1-7-11-15-19-28(20-16-12-8-2,21-17-13-9-3,22-18-14-10-4)26-27(23,24-5)25-6/h7-22H2,1-6H3. The van der Waals surface area contributed by atoms with E-state index in [2.05, 4.69) is 27.7 Å². The van der Waals surface area contributed by atoms with Crippen LogP contribution in [0.4, 0.5) is 0 Å². The molecule has 4 nitrogen and oxygen atoms in total. The Bertz CT molecular complexity index is 369. The van der Waals surface area contributed by atoms with Crippen molar-refractivity contribution in [2.75, 3.05) is 38.9 Å². The van der Waals surface area contributed by atoms with E-state index >= 15 is 0 Å². The van der Waals surface area contributed by atoms with Gasteiger partial charge in [-0.25, -0.2) is 0 Å². The molecule has 0 bridgehead atoms. The van der Waals surface area contributed by atoms with Crippen LogP contribution in [-0.2, 0) is 17.9 Å². The van der Waals surface area contributed by atoms with Crippen molar-refractivity contribution < 1.29 is 17.9 Å². The molecule has 0 saturated carbocycles. The molecule has 0 saturated heterocycles. The summed E-state index contributed by atoms with van der Waals surface area (Å²) >= 11 is 0. The van der Waals surface area contributed by atoms with Crippen molar-refractivity contribution in [3.05, 3.63) is 0 Å². The molecular formula is C22H50O4P2. The van der Waals surface area contributed by atoms with E-state index in [9.17, 15) is 4.57 Å². The predicted octanol–water partition coefficient (Wildman–Crippen LogP) is 8.63. The molecule has 0 atom stereocenters. The quantitative estimate of drug-likeness (QED) is 0.140. The van der Waals surface area contributed by atoms with Crippen LogP contribution in [0.3, 0.4) is 0 Å². The van der Waals surface area contributed by atoms with Crippen LogP contribution in [0.1, 0.15) is 105 Å². The van der Waals surface area contributed by atoms with E-state index in [0.717, 1.165) is 50.3 Å². The molecule has 0 unspecified atom stereocenters. The van der Waals surface area contributed by atoms with Gasteiger partial charge in [0.05, 0.1) is 0 Å². The van der Waals surface area contributed by atoms with Crippen LogP contribution in [-0.4, -0.2) is 38.9 Å². The molecule has 0 aliphatic rings. The number of unbranched alkanes of at least 4 members (excludes halogenated alkanes) is 8. The fourth-order valence-electron chi connectivity index (χ4n) is 4.31. The maximum atomic E-state index is 13.3. The molecule has 0 aliphatic heterocycles. The summed E-state index contributed by atoms with van der Waals surface area (Å²) in [6.45, 7) is 6.30. The Hall–Kier alpha value is 0.540. The molecule has 0 aliphatic carbocycles.